The Hall–Kier alpha value is -2.18. The topological polar surface area (TPSA) is 73.1 Å². The highest BCUT2D eigenvalue weighted by atomic mass is 16.5. The van der Waals surface area contributed by atoms with E-state index in [2.05, 4.69) is 20.0 Å². The van der Waals surface area contributed by atoms with Crippen molar-refractivity contribution in [2.45, 2.75) is 25.8 Å². The number of fused-ring (bicyclic) bond motifs is 2. The predicted molar refractivity (Wildman–Crippen MR) is 80.4 cm³/mol. The molecule has 1 aliphatic heterocycles. The molecule has 2 aliphatic rings. The van der Waals surface area contributed by atoms with Crippen LogP contribution >= 0.6 is 0 Å². The molecule has 0 aromatic carbocycles. The van der Waals surface area contributed by atoms with Gasteiger partial charge in [0.2, 0.25) is 0 Å². The fraction of sp³-hybridized carbons (Fsp3) is 0.600. The summed E-state index contributed by atoms with van der Waals surface area (Å²) in [5, 5.41) is 5.18. The van der Waals surface area contributed by atoms with Crippen LogP contribution in [-0.4, -0.2) is 45.9 Å². The van der Waals surface area contributed by atoms with E-state index in [9.17, 15) is 4.79 Å². The molecule has 0 unspecified atom stereocenters. The highest BCUT2D eigenvalue weighted by Gasteiger charge is 2.37. The van der Waals surface area contributed by atoms with Gasteiger partial charge in [-0.1, -0.05) is 6.42 Å². The number of carbonyl (C=O) groups is 1. The Labute approximate surface area is 128 Å². The molecule has 1 saturated heterocycles. The lowest BCUT2D eigenvalue weighted by Crippen LogP contribution is -2.22. The van der Waals surface area contributed by atoms with Crippen molar-refractivity contribution in [1.29, 1.82) is 0 Å². The van der Waals surface area contributed by atoms with E-state index in [1.54, 1.807) is 17.2 Å². The van der Waals surface area contributed by atoms with E-state index in [0.717, 1.165) is 36.1 Å². The van der Waals surface area contributed by atoms with E-state index in [1.807, 2.05) is 0 Å². The second-order valence-electron chi connectivity index (χ2n) is 6.17. The number of esters is 1. The molecular formula is C15H19N5O2. The molecule has 2 aromatic rings. The zero-order valence-corrected chi connectivity index (χ0v) is 12.6. The van der Waals surface area contributed by atoms with Gasteiger partial charge in [-0.3, -0.25) is 4.79 Å². The average Bonchev–Trinajstić information content (AvgIpc) is 3.21. The highest BCUT2D eigenvalue weighted by Crippen LogP contribution is 2.40. The van der Waals surface area contributed by atoms with Crippen molar-refractivity contribution in [3.05, 3.63) is 12.5 Å². The summed E-state index contributed by atoms with van der Waals surface area (Å²) in [6, 6.07) is 0. The quantitative estimate of drug-likeness (QED) is 0.794. The number of aromatic nitrogens is 4. The van der Waals surface area contributed by atoms with Crippen LogP contribution in [0.1, 0.15) is 19.3 Å². The largest absolute Gasteiger partial charge is 0.468 e. The summed E-state index contributed by atoms with van der Waals surface area (Å²) in [4.78, 5) is 22.6. The summed E-state index contributed by atoms with van der Waals surface area (Å²) >= 11 is 0. The van der Waals surface area contributed by atoms with Gasteiger partial charge >= 0.3 is 5.97 Å². The third-order valence-corrected chi connectivity index (χ3v) is 4.94. The normalized spacial score (nSPS) is 24.0. The Bertz CT molecular complexity index is 701. The molecule has 4 rings (SSSR count). The molecule has 0 bridgehead atoms. The number of methoxy groups -OCH3 is 1. The molecule has 116 valence electrons. The van der Waals surface area contributed by atoms with E-state index >= 15 is 0 Å². The van der Waals surface area contributed by atoms with E-state index in [-0.39, 0.29) is 12.5 Å². The molecule has 7 heteroatoms. The summed E-state index contributed by atoms with van der Waals surface area (Å²) < 4.78 is 6.27. The standard InChI is InChI=1S/C15H19N5O2/c1-22-13(21)8-20-15-12(5-18-20)14(16-9-17-15)19-6-10-3-2-4-11(10)7-19/h5,9-11H,2-4,6-8H2,1H3/t10-,11-/m1/s1. The monoisotopic (exact) mass is 301 g/mol. The molecule has 1 saturated carbocycles. The van der Waals surface area contributed by atoms with E-state index in [1.165, 1.54) is 26.4 Å². The molecule has 22 heavy (non-hydrogen) atoms. The molecule has 0 radical (unpaired) electrons. The minimum atomic E-state index is -0.333. The Morgan fingerprint density at radius 3 is 2.82 bits per heavy atom. The Morgan fingerprint density at radius 1 is 1.32 bits per heavy atom. The third kappa shape index (κ3) is 2.12. The van der Waals surface area contributed by atoms with Crippen molar-refractivity contribution >= 4 is 22.8 Å². The summed E-state index contributed by atoms with van der Waals surface area (Å²) in [6.45, 7) is 2.21. The number of ether oxygens (including phenoxy) is 1. The molecule has 0 N–H and O–H groups in total. The second kappa shape index (κ2) is 5.23. The van der Waals surface area contributed by atoms with Gasteiger partial charge in [-0.2, -0.15) is 5.10 Å². The van der Waals surface area contributed by atoms with Crippen LogP contribution in [0.3, 0.4) is 0 Å². The Morgan fingerprint density at radius 2 is 2.09 bits per heavy atom. The van der Waals surface area contributed by atoms with E-state index < -0.39 is 0 Å². The van der Waals surface area contributed by atoms with Gasteiger partial charge in [0.05, 0.1) is 18.7 Å². The molecular weight excluding hydrogens is 282 g/mol. The Kier molecular flexibility index (Phi) is 3.20. The van der Waals surface area contributed by atoms with Crippen molar-refractivity contribution < 1.29 is 9.53 Å². The smallest absolute Gasteiger partial charge is 0.327 e. The van der Waals surface area contributed by atoms with Gasteiger partial charge in [-0.25, -0.2) is 14.6 Å². The van der Waals surface area contributed by atoms with Crippen molar-refractivity contribution in [2.24, 2.45) is 11.8 Å². The SMILES string of the molecule is COC(=O)Cn1ncc2c(N3C[C@H]4CCC[C@@H]4C3)ncnc21. The maximum Gasteiger partial charge on any atom is 0.327 e. The lowest BCUT2D eigenvalue weighted by molar-refractivity contribution is -0.141. The molecule has 3 heterocycles. The average molecular weight is 301 g/mol. The first-order chi connectivity index (χ1) is 10.8. The van der Waals surface area contributed by atoms with E-state index in [4.69, 9.17) is 4.74 Å². The molecule has 7 nitrogen and oxygen atoms in total. The van der Waals surface area contributed by atoms with Crippen LogP contribution in [0.5, 0.6) is 0 Å². The van der Waals surface area contributed by atoms with Crippen LogP contribution < -0.4 is 4.90 Å². The van der Waals surface area contributed by atoms with Gasteiger partial charge in [-0.05, 0) is 24.7 Å². The lowest BCUT2D eigenvalue weighted by Gasteiger charge is -2.18. The van der Waals surface area contributed by atoms with Gasteiger partial charge in [0.15, 0.2) is 5.65 Å². The highest BCUT2D eigenvalue weighted by molar-refractivity contribution is 5.87. The van der Waals surface area contributed by atoms with E-state index in [0.29, 0.717) is 5.65 Å². The number of carbonyl (C=O) groups excluding carboxylic acids is 1. The van der Waals surface area contributed by atoms with Crippen LogP contribution in [0.2, 0.25) is 0 Å². The minimum absolute atomic E-state index is 0.0711. The van der Waals surface area contributed by atoms with Gasteiger partial charge in [0.1, 0.15) is 18.7 Å². The van der Waals surface area contributed by atoms with Gasteiger partial charge in [-0.15, -0.1) is 0 Å². The zero-order valence-electron chi connectivity index (χ0n) is 12.6. The van der Waals surface area contributed by atoms with Crippen LogP contribution in [0.25, 0.3) is 11.0 Å². The summed E-state index contributed by atoms with van der Waals surface area (Å²) in [6.07, 6.45) is 7.33. The number of nitrogens with zero attached hydrogens (tertiary/aromatic N) is 5. The van der Waals surface area contributed by atoms with Gasteiger partial charge in [0, 0.05) is 13.1 Å². The predicted octanol–water partition coefficient (Wildman–Crippen LogP) is 1.24. The molecule has 1 aliphatic carbocycles. The van der Waals surface area contributed by atoms with Crippen LogP contribution in [0.4, 0.5) is 5.82 Å². The molecule has 2 fully saturated rings. The molecule has 2 aromatic heterocycles. The van der Waals surface area contributed by atoms with Crippen molar-refractivity contribution in [2.75, 3.05) is 25.1 Å². The van der Waals surface area contributed by atoms with Crippen molar-refractivity contribution in [3.63, 3.8) is 0 Å². The number of rotatable bonds is 3. The maximum atomic E-state index is 11.5. The number of anilines is 1. The maximum absolute atomic E-state index is 11.5. The van der Waals surface area contributed by atoms with Crippen LogP contribution in [0.15, 0.2) is 12.5 Å². The zero-order chi connectivity index (χ0) is 15.1. The first-order valence-electron chi connectivity index (χ1n) is 7.74. The van der Waals surface area contributed by atoms with Crippen LogP contribution in [0, 0.1) is 11.8 Å². The first-order valence-corrected chi connectivity index (χ1v) is 7.74. The van der Waals surface area contributed by atoms with Gasteiger partial charge in [0.25, 0.3) is 0 Å². The minimum Gasteiger partial charge on any atom is -0.468 e. The summed E-state index contributed by atoms with van der Waals surface area (Å²) in [7, 11) is 1.37. The lowest BCUT2D eigenvalue weighted by atomic mass is 10.0. The summed E-state index contributed by atoms with van der Waals surface area (Å²) in [5.74, 6) is 2.21. The Balaban J connectivity index is 1.66. The third-order valence-electron chi connectivity index (χ3n) is 4.94. The van der Waals surface area contributed by atoms with Crippen molar-refractivity contribution in [3.8, 4) is 0 Å². The fourth-order valence-electron chi connectivity index (χ4n) is 3.84. The number of hydrogen-bond donors (Lipinski definition) is 0. The number of hydrogen-bond acceptors (Lipinski definition) is 6. The van der Waals surface area contributed by atoms with Crippen LogP contribution in [-0.2, 0) is 16.1 Å². The molecule has 0 amide bonds. The fourth-order valence-corrected chi connectivity index (χ4v) is 3.84. The molecule has 2 atom stereocenters. The summed E-state index contributed by atoms with van der Waals surface area (Å²) in [5.41, 5.74) is 0.687. The van der Waals surface area contributed by atoms with Crippen molar-refractivity contribution in [1.82, 2.24) is 19.7 Å². The first kappa shape index (κ1) is 13.5. The molecule has 0 spiro atoms. The second-order valence-corrected chi connectivity index (χ2v) is 6.17. The van der Waals surface area contributed by atoms with Gasteiger partial charge < -0.3 is 9.64 Å².